The van der Waals surface area contributed by atoms with E-state index in [0.29, 0.717) is 11.1 Å². The molecule has 0 bridgehead atoms. The van der Waals surface area contributed by atoms with Crippen LogP contribution in [0, 0.1) is 0 Å². The van der Waals surface area contributed by atoms with E-state index in [0.717, 1.165) is 6.07 Å². The predicted octanol–water partition coefficient (Wildman–Crippen LogP) is 1.73. The van der Waals surface area contributed by atoms with Crippen molar-refractivity contribution >= 4 is 15.9 Å². The lowest BCUT2D eigenvalue weighted by Crippen LogP contribution is -2.06. The molecule has 6 heteroatoms. The van der Waals surface area contributed by atoms with Crippen molar-refractivity contribution in [3.63, 3.8) is 0 Å². The van der Waals surface area contributed by atoms with Crippen LogP contribution in [-0.4, -0.2) is 10.1 Å². The molecule has 0 fully saturated rings. The summed E-state index contributed by atoms with van der Waals surface area (Å²) in [5.74, 6) is 0. The highest BCUT2D eigenvalue weighted by molar-refractivity contribution is 9.10. The van der Waals surface area contributed by atoms with Crippen molar-refractivity contribution < 1.29 is 13.9 Å². The second kappa shape index (κ2) is 4.77. The van der Waals surface area contributed by atoms with Crippen LogP contribution in [0.3, 0.4) is 0 Å². The summed E-state index contributed by atoms with van der Waals surface area (Å²) < 4.78 is 24.9. The van der Waals surface area contributed by atoms with Crippen molar-refractivity contribution in [3.8, 4) is 0 Å². The molecular weight excluding hydrogens is 258 g/mol. The maximum atomic E-state index is 12.3. The van der Waals surface area contributed by atoms with Gasteiger partial charge in [-0.15, -0.1) is 0 Å². The Morgan fingerprint density at radius 1 is 1.57 bits per heavy atom. The number of alkyl halides is 2. The standard InChI is InChI=1S/C8H9BrF2N2O/c9-7-5(2-12)4(3-14)1-6(13-7)8(10)11/h1,8,14H,2-3,12H2. The molecule has 0 saturated heterocycles. The minimum Gasteiger partial charge on any atom is -0.392 e. The summed E-state index contributed by atoms with van der Waals surface area (Å²) in [6, 6.07) is 1.16. The quantitative estimate of drug-likeness (QED) is 0.820. The summed E-state index contributed by atoms with van der Waals surface area (Å²) >= 11 is 3.03. The van der Waals surface area contributed by atoms with Crippen molar-refractivity contribution in [1.29, 1.82) is 0 Å². The summed E-state index contributed by atoms with van der Waals surface area (Å²) in [6.45, 7) is -0.180. The number of pyridine rings is 1. The number of nitrogens with zero attached hydrogens (tertiary/aromatic N) is 1. The molecule has 1 aromatic heterocycles. The highest BCUT2D eigenvalue weighted by Gasteiger charge is 2.14. The SMILES string of the molecule is NCc1c(CO)cc(C(F)F)nc1Br. The summed E-state index contributed by atoms with van der Waals surface area (Å²) in [7, 11) is 0. The molecule has 0 atom stereocenters. The third-order valence-electron chi connectivity index (χ3n) is 1.78. The number of aromatic nitrogens is 1. The number of aliphatic hydroxyl groups excluding tert-OH is 1. The lowest BCUT2D eigenvalue weighted by Gasteiger charge is -2.09. The third kappa shape index (κ3) is 2.26. The molecule has 0 unspecified atom stereocenters. The largest absolute Gasteiger partial charge is 0.392 e. The van der Waals surface area contributed by atoms with Gasteiger partial charge in [0.05, 0.1) is 6.61 Å². The Kier molecular flexibility index (Phi) is 3.91. The van der Waals surface area contributed by atoms with Crippen molar-refractivity contribution in [2.45, 2.75) is 19.6 Å². The first-order valence-corrected chi connectivity index (χ1v) is 4.66. The fourth-order valence-corrected chi connectivity index (χ4v) is 1.70. The van der Waals surface area contributed by atoms with Gasteiger partial charge in [0.2, 0.25) is 0 Å². The number of hydrogen-bond acceptors (Lipinski definition) is 3. The normalized spacial score (nSPS) is 11.0. The van der Waals surface area contributed by atoms with Gasteiger partial charge in [0.1, 0.15) is 10.3 Å². The molecule has 0 saturated carbocycles. The highest BCUT2D eigenvalue weighted by Crippen LogP contribution is 2.25. The van der Waals surface area contributed by atoms with Crippen LogP contribution in [0.25, 0.3) is 0 Å². The van der Waals surface area contributed by atoms with Gasteiger partial charge in [0.25, 0.3) is 6.43 Å². The second-order valence-corrected chi connectivity index (χ2v) is 3.39. The van der Waals surface area contributed by atoms with Crippen LogP contribution < -0.4 is 5.73 Å². The lowest BCUT2D eigenvalue weighted by molar-refractivity contribution is 0.145. The maximum absolute atomic E-state index is 12.3. The number of aliphatic hydroxyl groups is 1. The first kappa shape index (κ1) is 11.5. The molecule has 0 aliphatic rings. The van der Waals surface area contributed by atoms with Crippen molar-refractivity contribution in [1.82, 2.24) is 4.98 Å². The van der Waals surface area contributed by atoms with Gasteiger partial charge in [-0.05, 0) is 27.6 Å². The third-order valence-corrected chi connectivity index (χ3v) is 2.44. The van der Waals surface area contributed by atoms with Crippen LogP contribution in [0.4, 0.5) is 8.78 Å². The average molecular weight is 267 g/mol. The Bertz CT molecular complexity index is 333. The van der Waals surface area contributed by atoms with E-state index in [1.165, 1.54) is 0 Å². The Morgan fingerprint density at radius 3 is 2.64 bits per heavy atom. The smallest absolute Gasteiger partial charge is 0.280 e. The van der Waals surface area contributed by atoms with E-state index in [1.807, 2.05) is 0 Å². The summed E-state index contributed by atoms with van der Waals surface area (Å²) in [6.07, 6.45) is -2.65. The molecule has 0 aliphatic heterocycles. The zero-order valence-electron chi connectivity index (χ0n) is 7.17. The number of hydrogen-bond donors (Lipinski definition) is 2. The highest BCUT2D eigenvalue weighted by atomic mass is 79.9. The maximum Gasteiger partial charge on any atom is 0.280 e. The lowest BCUT2D eigenvalue weighted by atomic mass is 10.1. The Labute approximate surface area is 88.1 Å². The number of halogens is 3. The van der Waals surface area contributed by atoms with Gasteiger partial charge in [0.15, 0.2) is 0 Å². The van der Waals surface area contributed by atoms with Crippen LogP contribution in [0.1, 0.15) is 23.2 Å². The van der Waals surface area contributed by atoms with E-state index in [2.05, 4.69) is 20.9 Å². The van der Waals surface area contributed by atoms with E-state index in [1.54, 1.807) is 0 Å². The van der Waals surface area contributed by atoms with Crippen molar-refractivity contribution in [3.05, 3.63) is 27.5 Å². The van der Waals surface area contributed by atoms with Gasteiger partial charge in [-0.3, -0.25) is 0 Å². The van der Waals surface area contributed by atoms with E-state index in [4.69, 9.17) is 10.8 Å². The van der Waals surface area contributed by atoms with Gasteiger partial charge in [-0.2, -0.15) is 0 Å². The van der Waals surface area contributed by atoms with Gasteiger partial charge < -0.3 is 10.8 Å². The average Bonchev–Trinajstić information content (AvgIpc) is 2.16. The molecule has 78 valence electrons. The van der Waals surface area contributed by atoms with E-state index >= 15 is 0 Å². The summed E-state index contributed by atoms with van der Waals surface area (Å²) in [4.78, 5) is 3.63. The summed E-state index contributed by atoms with van der Waals surface area (Å²) in [5, 5.41) is 8.93. The molecule has 0 radical (unpaired) electrons. The van der Waals surface area contributed by atoms with E-state index in [9.17, 15) is 8.78 Å². The molecule has 14 heavy (non-hydrogen) atoms. The van der Waals surface area contributed by atoms with Crippen LogP contribution in [0.15, 0.2) is 10.7 Å². The fourth-order valence-electron chi connectivity index (χ4n) is 1.08. The second-order valence-electron chi connectivity index (χ2n) is 2.64. The van der Waals surface area contributed by atoms with Gasteiger partial charge >= 0.3 is 0 Å². The van der Waals surface area contributed by atoms with E-state index in [-0.39, 0.29) is 23.4 Å². The molecule has 3 nitrogen and oxygen atoms in total. The van der Waals surface area contributed by atoms with Gasteiger partial charge in [-0.1, -0.05) is 0 Å². The van der Waals surface area contributed by atoms with Crippen LogP contribution in [0.2, 0.25) is 0 Å². The molecule has 0 spiro atoms. The molecular formula is C8H9BrF2N2O. The molecule has 0 aromatic carbocycles. The molecule has 0 aliphatic carbocycles. The van der Waals surface area contributed by atoms with E-state index < -0.39 is 6.43 Å². The van der Waals surface area contributed by atoms with Gasteiger partial charge in [0, 0.05) is 12.1 Å². The molecule has 1 aromatic rings. The van der Waals surface area contributed by atoms with Crippen molar-refractivity contribution in [2.24, 2.45) is 5.73 Å². The first-order valence-electron chi connectivity index (χ1n) is 3.87. The fraction of sp³-hybridized carbons (Fsp3) is 0.375. The zero-order chi connectivity index (χ0) is 10.7. The topological polar surface area (TPSA) is 59.1 Å². The van der Waals surface area contributed by atoms with Crippen LogP contribution >= 0.6 is 15.9 Å². The summed E-state index contributed by atoms with van der Waals surface area (Å²) in [5.41, 5.74) is 5.95. The number of rotatable bonds is 3. The number of nitrogens with two attached hydrogens (primary N) is 1. The molecule has 3 N–H and O–H groups in total. The Morgan fingerprint density at radius 2 is 2.21 bits per heavy atom. The Balaban J connectivity index is 3.24. The monoisotopic (exact) mass is 266 g/mol. The van der Waals surface area contributed by atoms with Crippen molar-refractivity contribution in [2.75, 3.05) is 0 Å². The molecule has 0 amide bonds. The first-order chi connectivity index (χ1) is 6.60. The predicted molar refractivity (Wildman–Crippen MR) is 50.7 cm³/mol. The Hall–Kier alpha value is -0.590. The minimum atomic E-state index is -2.65. The zero-order valence-corrected chi connectivity index (χ0v) is 8.76. The molecule has 1 rings (SSSR count). The van der Waals surface area contributed by atoms with Crippen LogP contribution in [-0.2, 0) is 13.2 Å². The van der Waals surface area contributed by atoms with Gasteiger partial charge in [-0.25, -0.2) is 13.8 Å². The molecule has 1 heterocycles. The minimum absolute atomic E-state index is 0.146. The van der Waals surface area contributed by atoms with Crippen LogP contribution in [0.5, 0.6) is 0 Å².